The lowest BCUT2D eigenvalue weighted by Crippen LogP contribution is -2.30. The Hall–Kier alpha value is -2.53. The summed E-state index contributed by atoms with van der Waals surface area (Å²) in [6, 6.07) is 19.4. The Bertz CT molecular complexity index is 977. The number of aromatic nitrogens is 2. The van der Waals surface area contributed by atoms with Crippen LogP contribution in [0.4, 0.5) is 0 Å². The van der Waals surface area contributed by atoms with Crippen molar-refractivity contribution in [2.75, 3.05) is 6.54 Å². The van der Waals surface area contributed by atoms with Gasteiger partial charge in [-0.15, -0.1) is 0 Å². The molecule has 2 aliphatic heterocycles. The smallest absolute Gasteiger partial charge is 0.160 e. The van der Waals surface area contributed by atoms with Crippen molar-refractivity contribution in [1.82, 2.24) is 14.5 Å². The second-order valence-electron chi connectivity index (χ2n) is 7.28. The molecule has 0 spiro atoms. The number of hydrogen-bond acceptors (Lipinski definition) is 4. The molecule has 2 aliphatic rings. The fraction of sp³-hybridized carbons (Fsp3) is 0.273. The topological polar surface area (TPSA) is 33.4 Å². The number of nitrogens with zero attached hydrogens (tertiary/aromatic N) is 4. The molecule has 1 saturated heterocycles. The van der Waals surface area contributed by atoms with Crippen LogP contribution in [-0.2, 0) is 0 Å². The van der Waals surface area contributed by atoms with Crippen molar-refractivity contribution in [3.63, 3.8) is 0 Å². The molecule has 3 atom stereocenters. The maximum atomic E-state index is 5.09. The van der Waals surface area contributed by atoms with Crippen LogP contribution in [0.2, 0.25) is 0 Å². The molecular formula is C22H22N4S. The fourth-order valence-electron chi connectivity index (χ4n) is 4.01. The zero-order valence-corrected chi connectivity index (χ0v) is 16.3. The summed E-state index contributed by atoms with van der Waals surface area (Å²) in [5.41, 5.74) is 4.76. The van der Waals surface area contributed by atoms with E-state index in [0.717, 1.165) is 17.4 Å². The minimum Gasteiger partial charge on any atom is -0.339 e. The Morgan fingerprint density at radius 1 is 1.04 bits per heavy atom. The number of aliphatic imine (C=N–C) groups is 1. The molecule has 2 aromatic heterocycles. The van der Waals surface area contributed by atoms with E-state index in [4.69, 9.17) is 4.99 Å². The van der Waals surface area contributed by atoms with Gasteiger partial charge >= 0.3 is 0 Å². The van der Waals surface area contributed by atoms with Gasteiger partial charge in [0.05, 0.1) is 11.7 Å². The summed E-state index contributed by atoms with van der Waals surface area (Å²) in [5, 5.41) is 1.72. The van der Waals surface area contributed by atoms with Crippen molar-refractivity contribution in [2.45, 2.75) is 31.2 Å². The van der Waals surface area contributed by atoms with E-state index in [0.29, 0.717) is 5.25 Å². The molecule has 4 nitrogen and oxygen atoms in total. The van der Waals surface area contributed by atoms with Crippen molar-refractivity contribution in [3.05, 3.63) is 83.9 Å². The molecule has 136 valence electrons. The van der Waals surface area contributed by atoms with Crippen molar-refractivity contribution in [3.8, 4) is 5.69 Å². The second-order valence-corrected chi connectivity index (χ2v) is 8.68. The van der Waals surface area contributed by atoms with E-state index in [1.165, 1.54) is 16.9 Å². The predicted molar refractivity (Wildman–Crippen MR) is 111 cm³/mol. The Morgan fingerprint density at radius 3 is 2.67 bits per heavy atom. The van der Waals surface area contributed by atoms with Crippen LogP contribution >= 0.6 is 11.8 Å². The molecule has 0 N–H and O–H groups in total. The summed E-state index contributed by atoms with van der Waals surface area (Å²) in [6.45, 7) is 5.42. The lowest BCUT2D eigenvalue weighted by atomic mass is 10.0. The Morgan fingerprint density at radius 2 is 1.89 bits per heavy atom. The third-order valence-electron chi connectivity index (χ3n) is 5.28. The van der Waals surface area contributed by atoms with Gasteiger partial charge in [0.1, 0.15) is 6.04 Å². The normalized spacial score (nSPS) is 24.1. The van der Waals surface area contributed by atoms with Gasteiger partial charge in [0.2, 0.25) is 0 Å². The van der Waals surface area contributed by atoms with E-state index in [9.17, 15) is 0 Å². The van der Waals surface area contributed by atoms with Crippen LogP contribution in [0.25, 0.3) is 5.69 Å². The summed E-state index contributed by atoms with van der Waals surface area (Å²) in [4.78, 5) is 12.2. The van der Waals surface area contributed by atoms with E-state index >= 15 is 0 Å². The number of fused-ring (bicyclic) bond motifs is 1. The molecule has 0 radical (unpaired) electrons. The predicted octanol–water partition coefficient (Wildman–Crippen LogP) is 4.77. The Labute approximate surface area is 164 Å². The SMILES string of the molecule is Cc1ccc(-n2cccc2[C@@H]2[C@H](c3ccccn3)N=C3S[C@H](C)CN32)cc1. The van der Waals surface area contributed by atoms with Crippen molar-refractivity contribution >= 4 is 16.9 Å². The van der Waals surface area contributed by atoms with E-state index in [2.05, 4.69) is 83.0 Å². The highest BCUT2D eigenvalue weighted by Gasteiger charge is 2.44. The standard InChI is InChI=1S/C22H22N4S/c1-15-8-10-17(11-9-15)25-13-5-7-19(25)21-20(18-6-3-4-12-23-18)24-22-26(21)14-16(2)27-22/h3-13,16,20-21H,14H2,1-2H3/t16-,20+,21-/m1/s1. The number of benzene rings is 1. The molecule has 3 aromatic rings. The highest BCUT2D eigenvalue weighted by molar-refractivity contribution is 8.14. The first kappa shape index (κ1) is 16.6. The first-order valence-electron chi connectivity index (χ1n) is 9.37. The Balaban J connectivity index is 1.60. The third kappa shape index (κ3) is 2.86. The van der Waals surface area contributed by atoms with Crippen molar-refractivity contribution in [1.29, 1.82) is 0 Å². The van der Waals surface area contributed by atoms with Gasteiger partial charge in [-0.1, -0.05) is 42.4 Å². The molecular weight excluding hydrogens is 352 g/mol. The van der Waals surface area contributed by atoms with Crippen LogP contribution < -0.4 is 0 Å². The molecule has 1 fully saturated rings. The van der Waals surface area contributed by atoms with Crippen LogP contribution in [-0.4, -0.2) is 31.4 Å². The fourth-order valence-corrected chi connectivity index (χ4v) is 5.11. The maximum Gasteiger partial charge on any atom is 0.160 e. The number of aryl methyl sites for hydroxylation is 1. The van der Waals surface area contributed by atoms with Crippen molar-refractivity contribution in [2.24, 2.45) is 4.99 Å². The maximum absolute atomic E-state index is 5.09. The summed E-state index contributed by atoms with van der Waals surface area (Å²) in [5.74, 6) is 0. The van der Waals surface area contributed by atoms with Crippen LogP contribution in [0.5, 0.6) is 0 Å². The van der Waals surface area contributed by atoms with E-state index < -0.39 is 0 Å². The zero-order chi connectivity index (χ0) is 18.4. The first-order chi connectivity index (χ1) is 13.2. The summed E-state index contributed by atoms with van der Waals surface area (Å²) >= 11 is 1.88. The average Bonchev–Trinajstić information content (AvgIpc) is 3.37. The minimum absolute atomic E-state index is 0.0281. The van der Waals surface area contributed by atoms with Crippen LogP contribution in [0.15, 0.2) is 72.0 Å². The van der Waals surface area contributed by atoms with Gasteiger partial charge < -0.3 is 9.47 Å². The van der Waals surface area contributed by atoms with Crippen molar-refractivity contribution < 1.29 is 0 Å². The zero-order valence-electron chi connectivity index (χ0n) is 15.5. The lowest BCUT2D eigenvalue weighted by molar-refractivity contribution is 0.312. The third-order valence-corrected chi connectivity index (χ3v) is 6.38. The van der Waals surface area contributed by atoms with Gasteiger partial charge in [-0.2, -0.15) is 0 Å². The highest BCUT2D eigenvalue weighted by atomic mass is 32.2. The lowest BCUT2D eigenvalue weighted by Gasteiger charge is -2.28. The average molecular weight is 375 g/mol. The summed E-state index contributed by atoms with van der Waals surface area (Å²) < 4.78 is 2.30. The molecule has 0 saturated carbocycles. The summed E-state index contributed by atoms with van der Waals surface area (Å²) in [6.07, 6.45) is 4.02. The molecule has 0 aliphatic carbocycles. The highest BCUT2D eigenvalue weighted by Crippen LogP contribution is 2.47. The summed E-state index contributed by atoms with van der Waals surface area (Å²) in [7, 11) is 0. The first-order valence-corrected chi connectivity index (χ1v) is 10.2. The van der Waals surface area contributed by atoms with Gasteiger partial charge in [0.15, 0.2) is 5.17 Å². The number of amidine groups is 1. The molecule has 0 amide bonds. The number of thioether (sulfide) groups is 1. The number of hydrogen-bond donors (Lipinski definition) is 0. The van der Waals surface area contributed by atoms with E-state index in [-0.39, 0.29) is 12.1 Å². The van der Waals surface area contributed by atoms with Gasteiger partial charge in [0, 0.05) is 35.6 Å². The van der Waals surface area contributed by atoms with E-state index in [1.807, 2.05) is 24.0 Å². The number of pyridine rings is 1. The molecule has 5 rings (SSSR count). The van der Waals surface area contributed by atoms with Gasteiger partial charge in [-0.05, 0) is 43.3 Å². The van der Waals surface area contributed by atoms with Gasteiger partial charge in [0.25, 0.3) is 0 Å². The van der Waals surface area contributed by atoms with Gasteiger partial charge in [-0.25, -0.2) is 0 Å². The molecule has 27 heavy (non-hydrogen) atoms. The van der Waals surface area contributed by atoms with Crippen LogP contribution in [0, 0.1) is 6.92 Å². The molecule has 5 heteroatoms. The minimum atomic E-state index is 0.0281. The Kier molecular flexibility index (Phi) is 4.05. The molecule has 0 bridgehead atoms. The quantitative estimate of drug-likeness (QED) is 0.662. The number of rotatable bonds is 3. The largest absolute Gasteiger partial charge is 0.339 e. The monoisotopic (exact) mass is 374 g/mol. The second kappa shape index (κ2) is 6.57. The van der Waals surface area contributed by atoms with Crippen LogP contribution in [0.3, 0.4) is 0 Å². The van der Waals surface area contributed by atoms with E-state index in [1.54, 1.807) is 0 Å². The molecule has 4 heterocycles. The molecule has 1 aromatic carbocycles. The van der Waals surface area contributed by atoms with Gasteiger partial charge in [-0.3, -0.25) is 9.98 Å². The van der Waals surface area contributed by atoms with Crippen LogP contribution in [0.1, 0.15) is 36.0 Å². The molecule has 0 unspecified atom stereocenters.